The minimum Gasteiger partial charge on any atom is -0.487 e. The zero-order chi connectivity index (χ0) is 10.3. The van der Waals surface area contributed by atoms with E-state index in [2.05, 4.69) is 54.9 Å². The van der Waals surface area contributed by atoms with Crippen molar-refractivity contribution in [3.05, 3.63) is 29.3 Å². The Morgan fingerprint density at radius 2 is 2.14 bits per heavy atom. The van der Waals surface area contributed by atoms with Gasteiger partial charge in [-0.15, -0.1) is 0 Å². The fourth-order valence-electron chi connectivity index (χ4n) is 1.88. The molecule has 0 saturated carbocycles. The molecule has 2 rings (SSSR count). The van der Waals surface area contributed by atoms with Crippen molar-refractivity contribution >= 4 is 15.9 Å². The SMILES string of the molecule is CC(Br)c1ccc2c(c1)CC(C)(C)O2. The Morgan fingerprint density at radius 3 is 2.79 bits per heavy atom. The van der Waals surface area contributed by atoms with Crippen molar-refractivity contribution in [2.45, 2.75) is 37.6 Å². The number of benzene rings is 1. The first-order valence-electron chi connectivity index (χ1n) is 4.94. The largest absolute Gasteiger partial charge is 0.487 e. The van der Waals surface area contributed by atoms with Gasteiger partial charge in [-0.05, 0) is 38.0 Å². The second-order valence-electron chi connectivity index (χ2n) is 4.52. The molecule has 0 aliphatic carbocycles. The van der Waals surface area contributed by atoms with Gasteiger partial charge in [0.15, 0.2) is 0 Å². The van der Waals surface area contributed by atoms with Crippen molar-refractivity contribution in [3.63, 3.8) is 0 Å². The van der Waals surface area contributed by atoms with Gasteiger partial charge in [-0.2, -0.15) is 0 Å². The Bertz CT molecular complexity index is 355. The highest BCUT2D eigenvalue weighted by Crippen LogP contribution is 2.37. The Morgan fingerprint density at radius 1 is 1.43 bits per heavy atom. The maximum Gasteiger partial charge on any atom is 0.123 e. The number of hydrogen-bond donors (Lipinski definition) is 0. The molecule has 76 valence electrons. The van der Waals surface area contributed by atoms with E-state index in [1.54, 1.807) is 0 Å². The average Bonchev–Trinajstić information content (AvgIpc) is 2.36. The molecular formula is C12H15BrO. The van der Waals surface area contributed by atoms with Crippen LogP contribution in [0.2, 0.25) is 0 Å². The summed E-state index contributed by atoms with van der Waals surface area (Å²) in [6, 6.07) is 6.44. The number of fused-ring (bicyclic) bond motifs is 1. The van der Waals surface area contributed by atoms with Crippen LogP contribution in [0.25, 0.3) is 0 Å². The van der Waals surface area contributed by atoms with Crippen LogP contribution in [-0.4, -0.2) is 5.60 Å². The molecule has 1 aliphatic heterocycles. The summed E-state index contributed by atoms with van der Waals surface area (Å²) in [5, 5.41) is 0. The molecular weight excluding hydrogens is 240 g/mol. The lowest BCUT2D eigenvalue weighted by Gasteiger charge is -2.16. The molecule has 14 heavy (non-hydrogen) atoms. The fourth-order valence-corrected chi connectivity index (χ4v) is 2.16. The van der Waals surface area contributed by atoms with Crippen LogP contribution in [0.5, 0.6) is 5.75 Å². The van der Waals surface area contributed by atoms with Gasteiger partial charge in [-0.3, -0.25) is 0 Å². The Labute approximate surface area is 93.6 Å². The van der Waals surface area contributed by atoms with Gasteiger partial charge >= 0.3 is 0 Å². The summed E-state index contributed by atoms with van der Waals surface area (Å²) < 4.78 is 5.81. The maximum absolute atomic E-state index is 5.81. The predicted molar refractivity (Wildman–Crippen MR) is 62.2 cm³/mol. The molecule has 0 saturated heterocycles. The fraction of sp³-hybridized carbons (Fsp3) is 0.500. The first-order chi connectivity index (χ1) is 6.48. The number of rotatable bonds is 1. The minimum atomic E-state index is -0.0312. The lowest BCUT2D eigenvalue weighted by atomic mass is 10.00. The zero-order valence-corrected chi connectivity index (χ0v) is 10.4. The van der Waals surface area contributed by atoms with Crippen LogP contribution in [0.15, 0.2) is 18.2 Å². The third-order valence-electron chi connectivity index (χ3n) is 2.55. The van der Waals surface area contributed by atoms with Crippen LogP contribution < -0.4 is 4.74 Å². The molecule has 1 unspecified atom stereocenters. The molecule has 0 radical (unpaired) electrons. The Balaban J connectivity index is 2.36. The van der Waals surface area contributed by atoms with Gasteiger partial charge in [0.25, 0.3) is 0 Å². The summed E-state index contributed by atoms with van der Waals surface area (Å²) in [5.41, 5.74) is 2.63. The number of hydrogen-bond acceptors (Lipinski definition) is 1. The number of ether oxygens (including phenoxy) is 1. The van der Waals surface area contributed by atoms with Crippen LogP contribution in [0.4, 0.5) is 0 Å². The lowest BCUT2D eigenvalue weighted by Crippen LogP contribution is -2.24. The van der Waals surface area contributed by atoms with Crippen LogP contribution in [0, 0.1) is 0 Å². The van der Waals surface area contributed by atoms with E-state index in [0.29, 0.717) is 4.83 Å². The second kappa shape index (κ2) is 3.27. The predicted octanol–water partition coefficient (Wildman–Crippen LogP) is 3.86. The smallest absolute Gasteiger partial charge is 0.123 e. The van der Waals surface area contributed by atoms with E-state index >= 15 is 0 Å². The van der Waals surface area contributed by atoms with Gasteiger partial charge in [0.1, 0.15) is 11.4 Å². The summed E-state index contributed by atoms with van der Waals surface area (Å²) in [7, 11) is 0. The van der Waals surface area contributed by atoms with Crippen LogP contribution in [0.3, 0.4) is 0 Å². The number of alkyl halides is 1. The van der Waals surface area contributed by atoms with Gasteiger partial charge in [0.2, 0.25) is 0 Å². The van der Waals surface area contributed by atoms with E-state index in [-0.39, 0.29) is 5.60 Å². The van der Waals surface area contributed by atoms with Gasteiger partial charge in [0, 0.05) is 11.2 Å². The molecule has 1 nitrogen and oxygen atoms in total. The van der Waals surface area contributed by atoms with E-state index in [9.17, 15) is 0 Å². The Kier molecular flexibility index (Phi) is 2.34. The van der Waals surface area contributed by atoms with E-state index in [1.807, 2.05) is 0 Å². The molecule has 0 N–H and O–H groups in total. The number of halogens is 1. The van der Waals surface area contributed by atoms with E-state index < -0.39 is 0 Å². The molecule has 0 spiro atoms. The second-order valence-corrected chi connectivity index (χ2v) is 5.90. The quantitative estimate of drug-likeness (QED) is 0.692. The summed E-state index contributed by atoms with van der Waals surface area (Å²) in [5.74, 6) is 1.05. The van der Waals surface area contributed by atoms with Crippen LogP contribution >= 0.6 is 15.9 Å². The first kappa shape index (κ1) is 10.0. The van der Waals surface area contributed by atoms with Crippen molar-refractivity contribution < 1.29 is 4.74 Å². The van der Waals surface area contributed by atoms with E-state index in [4.69, 9.17) is 4.74 Å². The summed E-state index contributed by atoms with van der Waals surface area (Å²) in [6.07, 6.45) is 1.01. The molecule has 0 amide bonds. The van der Waals surface area contributed by atoms with Crippen LogP contribution in [-0.2, 0) is 6.42 Å². The molecule has 1 aromatic carbocycles. The van der Waals surface area contributed by atoms with E-state index in [0.717, 1.165) is 12.2 Å². The van der Waals surface area contributed by atoms with Crippen LogP contribution in [0.1, 0.15) is 36.7 Å². The monoisotopic (exact) mass is 254 g/mol. The standard InChI is InChI=1S/C12H15BrO/c1-8(13)9-4-5-11-10(6-9)7-12(2,3)14-11/h4-6,8H,7H2,1-3H3. The zero-order valence-electron chi connectivity index (χ0n) is 8.80. The Hall–Kier alpha value is -0.500. The van der Waals surface area contributed by atoms with Gasteiger partial charge in [-0.25, -0.2) is 0 Å². The molecule has 0 fully saturated rings. The third-order valence-corrected chi connectivity index (χ3v) is 3.07. The molecule has 1 aliphatic rings. The topological polar surface area (TPSA) is 9.23 Å². The minimum absolute atomic E-state index is 0.0312. The van der Waals surface area contributed by atoms with Crippen molar-refractivity contribution in [1.82, 2.24) is 0 Å². The molecule has 0 bridgehead atoms. The van der Waals surface area contributed by atoms with Crippen molar-refractivity contribution in [3.8, 4) is 5.75 Å². The summed E-state index contributed by atoms with van der Waals surface area (Å²) >= 11 is 3.58. The normalized spacial score (nSPS) is 20.0. The van der Waals surface area contributed by atoms with Crippen molar-refractivity contribution in [2.75, 3.05) is 0 Å². The lowest BCUT2D eigenvalue weighted by molar-refractivity contribution is 0.138. The highest BCUT2D eigenvalue weighted by Gasteiger charge is 2.29. The van der Waals surface area contributed by atoms with Crippen molar-refractivity contribution in [2.24, 2.45) is 0 Å². The molecule has 0 aromatic heterocycles. The third kappa shape index (κ3) is 1.81. The summed E-state index contributed by atoms with van der Waals surface area (Å²) in [4.78, 5) is 0.413. The van der Waals surface area contributed by atoms with Crippen molar-refractivity contribution in [1.29, 1.82) is 0 Å². The van der Waals surface area contributed by atoms with Gasteiger partial charge in [-0.1, -0.05) is 28.1 Å². The summed E-state index contributed by atoms with van der Waals surface area (Å²) in [6.45, 7) is 6.40. The van der Waals surface area contributed by atoms with E-state index in [1.165, 1.54) is 11.1 Å². The first-order valence-corrected chi connectivity index (χ1v) is 5.85. The molecule has 2 heteroatoms. The van der Waals surface area contributed by atoms with Gasteiger partial charge < -0.3 is 4.74 Å². The molecule has 1 heterocycles. The maximum atomic E-state index is 5.81. The average molecular weight is 255 g/mol. The molecule has 1 aromatic rings. The van der Waals surface area contributed by atoms with Gasteiger partial charge in [0.05, 0.1) is 0 Å². The highest BCUT2D eigenvalue weighted by molar-refractivity contribution is 9.09. The molecule has 1 atom stereocenters. The highest BCUT2D eigenvalue weighted by atomic mass is 79.9.